The minimum absolute atomic E-state index is 0.270. The van der Waals surface area contributed by atoms with Crippen LogP contribution in [-0.2, 0) is 28.9 Å². The standard InChI is InChI=1S/C22H20N4O5S/c1-13-15(11-25-31-13)10-24-22(28)30-16-3-4-17-18(9-23)21(32-19(17)8-16)26-20(27)5-2-14-6-7-29-12-14/h2,5-7,11-12,16H,3-4,8,10H2,1H3,(H,24,28)(H,26,27). The van der Waals surface area contributed by atoms with Gasteiger partial charge in [-0.25, -0.2) is 4.79 Å². The molecular formula is C22H20N4O5S. The Labute approximate surface area is 187 Å². The van der Waals surface area contributed by atoms with Gasteiger partial charge in [-0.05, 0) is 37.5 Å². The fraction of sp³-hybridized carbons (Fsp3) is 0.273. The van der Waals surface area contributed by atoms with Crippen LogP contribution in [0.1, 0.15) is 39.3 Å². The number of thiophene rings is 1. The second kappa shape index (κ2) is 9.53. The number of anilines is 1. The van der Waals surface area contributed by atoms with Crippen LogP contribution >= 0.6 is 11.3 Å². The van der Waals surface area contributed by atoms with Crippen molar-refractivity contribution in [2.45, 2.75) is 38.8 Å². The van der Waals surface area contributed by atoms with E-state index in [2.05, 4.69) is 21.9 Å². The van der Waals surface area contributed by atoms with E-state index in [1.165, 1.54) is 29.9 Å². The maximum absolute atomic E-state index is 12.3. The molecule has 10 heteroatoms. The van der Waals surface area contributed by atoms with Gasteiger partial charge in [0.05, 0.1) is 30.8 Å². The maximum Gasteiger partial charge on any atom is 0.407 e. The molecule has 0 saturated heterocycles. The average Bonchev–Trinajstić information content (AvgIpc) is 3.50. The zero-order valence-corrected chi connectivity index (χ0v) is 18.0. The summed E-state index contributed by atoms with van der Waals surface area (Å²) in [6.45, 7) is 2.04. The minimum Gasteiger partial charge on any atom is -0.472 e. The Kier molecular flexibility index (Phi) is 6.37. The summed E-state index contributed by atoms with van der Waals surface area (Å²) in [6.07, 6.45) is 8.48. The molecule has 1 unspecified atom stereocenters. The Balaban J connectivity index is 1.36. The van der Waals surface area contributed by atoms with Crippen LogP contribution in [0.3, 0.4) is 0 Å². The van der Waals surface area contributed by atoms with Gasteiger partial charge in [-0.15, -0.1) is 11.3 Å². The van der Waals surface area contributed by atoms with Gasteiger partial charge in [0.25, 0.3) is 0 Å². The highest BCUT2D eigenvalue weighted by Crippen LogP contribution is 2.38. The fourth-order valence-corrected chi connectivity index (χ4v) is 4.67. The van der Waals surface area contributed by atoms with Gasteiger partial charge in [0.2, 0.25) is 5.91 Å². The third-order valence-corrected chi connectivity index (χ3v) is 6.26. The van der Waals surface area contributed by atoms with Crippen molar-refractivity contribution >= 4 is 34.4 Å². The van der Waals surface area contributed by atoms with Crippen molar-refractivity contribution in [3.63, 3.8) is 0 Å². The first-order valence-electron chi connectivity index (χ1n) is 9.94. The maximum atomic E-state index is 12.3. The number of ether oxygens (including phenoxy) is 1. The Morgan fingerprint density at radius 1 is 1.47 bits per heavy atom. The van der Waals surface area contributed by atoms with Gasteiger partial charge < -0.3 is 24.3 Å². The van der Waals surface area contributed by atoms with E-state index >= 15 is 0 Å². The highest BCUT2D eigenvalue weighted by molar-refractivity contribution is 7.16. The number of nitrogens with one attached hydrogen (secondary N) is 2. The summed E-state index contributed by atoms with van der Waals surface area (Å²) in [5, 5.41) is 19.3. The molecule has 0 fully saturated rings. The lowest BCUT2D eigenvalue weighted by molar-refractivity contribution is -0.111. The van der Waals surface area contributed by atoms with E-state index in [1.54, 1.807) is 25.3 Å². The zero-order chi connectivity index (χ0) is 22.5. The molecular weight excluding hydrogens is 432 g/mol. The van der Waals surface area contributed by atoms with Crippen molar-refractivity contribution in [1.29, 1.82) is 5.26 Å². The number of nitriles is 1. The molecule has 0 radical (unpaired) electrons. The summed E-state index contributed by atoms with van der Waals surface area (Å²) in [4.78, 5) is 25.4. The summed E-state index contributed by atoms with van der Waals surface area (Å²) in [5.41, 5.74) is 2.93. The predicted molar refractivity (Wildman–Crippen MR) is 116 cm³/mol. The van der Waals surface area contributed by atoms with Crippen LogP contribution < -0.4 is 10.6 Å². The first-order chi connectivity index (χ1) is 15.5. The highest BCUT2D eigenvalue weighted by atomic mass is 32.1. The van der Waals surface area contributed by atoms with Crippen LogP contribution in [0, 0.1) is 18.3 Å². The number of carbonyl (C=O) groups excluding carboxylic acids is 2. The normalized spacial score (nSPS) is 15.2. The number of carbonyl (C=O) groups is 2. The van der Waals surface area contributed by atoms with Crippen molar-refractivity contribution < 1.29 is 23.3 Å². The number of amides is 2. The number of aryl methyl sites for hydroxylation is 1. The van der Waals surface area contributed by atoms with Crippen LogP contribution in [0.15, 0.2) is 39.8 Å². The van der Waals surface area contributed by atoms with E-state index in [4.69, 9.17) is 13.7 Å². The number of rotatable bonds is 6. The van der Waals surface area contributed by atoms with Crippen LogP contribution in [0.25, 0.3) is 6.08 Å². The molecule has 0 aromatic carbocycles. The quantitative estimate of drug-likeness (QED) is 0.542. The number of furan rings is 1. The second-order valence-electron chi connectivity index (χ2n) is 7.23. The summed E-state index contributed by atoms with van der Waals surface area (Å²) < 4.78 is 15.5. The molecule has 32 heavy (non-hydrogen) atoms. The van der Waals surface area contributed by atoms with Gasteiger partial charge in [0, 0.05) is 28.5 Å². The first-order valence-corrected chi connectivity index (χ1v) is 10.8. The van der Waals surface area contributed by atoms with E-state index in [0.717, 1.165) is 21.6 Å². The van der Waals surface area contributed by atoms with Gasteiger partial charge in [0.15, 0.2) is 0 Å². The number of aromatic nitrogens is 1. The Bertz CT molecular complexity index is 1190. The van der Waals surface area contributed by atoms with E-state index in [-0.39, 0.29) is 18.6 Å². The summed E-state index contributed by atoms with van der Waals surface area (Å²) >= 11 is 1.34. The summed E-state index contributed by atoms with van der Waals surface area (Å²) in [7, 11) is 0. The van der Waals surface area contributed by atoms with E-state index in [0.29, 0.717) is 35.6 Å². The number of alkyl carbamates (subject to hydrolysis) is 1. The van der Waals surface area contributed by atoms with Crippen LogP contribution in [0.5, 0.6) is 0 Å². The lowest BCUT2D eigenvalue weighted by Gasteiger charge is -2.22. The molecule has 0 aliphatic heterocycles. The molecule has 0 spiro atoms. The van der Waals surface area contributed by atoms with Gasteiger partial charge in [-0.3, -0.25) is 4.79 Å². The first kappa shape index (κ1) is 21.4. The third-order valence-electron chi connectivity index (χ3n) is 5.09. The lowest BCUT2D eigenvalue weighted by atomic mass is 9.94. The van der Waals surface area contributed by atoms with E-state index < -0.39 is 6.09 Å². The SMILES string of the molecule is Cc1oncc1CNC(=O)OC1CCc2c(sc(NC(=O)C=Cc3ccoc3)c2C#N)C1. The molecule has 1 atom stereocenters. The van der Waals surface area contributed by atoms with Crippen molar-refractivity contribution in [3.05, 3.63) is 63.8 Å². The Morgan fingerprint density at radius 2 is 2.34 bits per heavy atom. The van der Waals surface area contributed by atoms with Gasteiger partial charge in [0.1, 0.15) is 22.9 Å². The topological polar surface area (TPSA) is 130 Å². The zero-order valence-electron chi connectivity index (χ0n) is 17.2. The average molecular weight is 452 g/mol. The summed E-state index contributed by atoms with van der Waals surface area (Å²) in [6, 6.07) is 3.93. The fourth-order valence-electron chi connectivity index (χ4n) is 3.41. The molecule has 164 valence electrons. The second-order valence-corrected chi connectivity index (χ2v) is 8.34. The lowest BCUT2D eigenvalue weighted by Crippen LogP contribution is -2.31. The largest absolute Gasteiger partial charge is 0.472 e. The van der Waals surface area contributed by atoms with Crippen LogP contribution in [0.4, 0.5) is 9.80 Å². The molecule has 3 aromatic heterocycles. The molecule has 0 saturated carbocycles. The van der Waals surface area contributed by atoms with Crippen LogP contribution in [0.2, 0.25) is 0 Å². The molecule has 4 rings (SSSR count). The Morgan fingerprint density at radius 3 is 3.06 bits per heavy atom. The Hall–Kier alpha value is -3.84. The van der Waals surface area contributed by atoms with E-state index in [9.17, 15) is 14.9 Å². The molecule has 9 nitrogen and oxygen atoms in total. The highest BCUT2D eigenvalue weighted by Gasteiger charge is 2.28. The van der Waals surface area contributed by atoms with Crippen LogP contribution in [-0.4, -0.2) is 23.3 Å². The summed E-state index contributed by atoms with van der Waals surface area (Å²) in [5.74, 6) is 0.307. The van der Waals surface area contributed by atoms with Crippen molar-refractivity contribution in [2.75, 3.05) is 5.32 Å². The minimum atomic E-state index is -0.519. The van der Waals surface area contributed by atoms with Gasteiger partial charge >= 0.3 is 6.09 Å². The smallest absolute Gasteiger partial charge is 0.407 e. The molecule has 1 aliphatic rings. The number of hydrogen-bond donors (Lipinski definition) is 2. The van der Waals surface area contributed by atoms with Gasteiger partial charge in [-0.2, -0.15) is 5.26 Å². The van der Waals surface area contributed by atoms with E-state index in [1.807, 2.05) is 0 Å². The number of fused-ring (bicyclic) bond motifs is 1. The molecule has 0 bridgehead atoms. The molecule has 2 N–H and O–H groups in total. The van der Waals surface area contributed by atoms with Gasteiger partial charge in [-0.1, -0.05) is 5.16 Å². The molecule has 1 aliphatic carbocycles. The third kappa shape index (κ3) is 4.90. The number of nitrogens with zero attached hydrogens (tertiary/aromatic N) is 2. The van der Waals surface area contributed by atoms with Crippen molar-refractivity contribution in [3.8, 4) is 6.07 Å². The van der Waals surface area contributed by atoms with Crippen molar-refractivity contribution in [2.24, 2.45) is 0 Å². The molecule has 3 heterocycles. The number of hydrogen-bond acceptors (Lipinski definition) is 8. The molecule has 3 aromatic rings. The van der Waals surface area contributed by atoms with Crippen molar-refractivity contribution in [1.82, 2.24) is 10.5 Å². The molecule has 2 amide bonds. The predicted octanol–water partition coefficient (Wildman–Crippen LogP) is 3.94. The monoisotopic (exact) mass is 452 g/mol.